The van der Waals surface area contributed by atoms with E-state index in [9.17, 15) is 22.8 Å². The summed E-state index contributed by atoms with van der Waals surface area (Å²) in [6, 6.07) is 6.91. The van der Waals surface area contributed by atoms with E-state index in [-0.39, 0.29) is 22.9 Å². The lowest BCUT2D eigenvalue weighted by atomic mass is 9.97. The Morgan fingerprint density at radius 2 is 2.00 bits per heavy atom. The molecule has 0 atom stereocenters. The summed E-state index contributed by atoms with van der Waals surface area (Å²) in [7, 11) is 0. The monoisotopic (exact) mass is 544 g/mol. The lowest BCUT2D eigenvalue weighted by Gasteiger charge is -2.32. The summed E-state index contributed by atoms with van der Waals surface area (Å²) in [5.74, 6) is 0.715. The lowest BCUT2D eigenvalue weighted by Crippen LogP contribution is -2.38. The van der Waals surface area contributed by atoms with Gasteiger partial charge in [-0.2, -0.15) is 13.2 Å². The number of piperidine rings is 1. The number of halogens is 3. The maximum Gasteiger partial charge on any atom is 0.416 e. The van der Waals surface area contributed by atoms with Crippen molar-refractivity contribution in [3.63, 3.8) is 0 Å². The zero-order valence-corrected chi connectivity index (χ0v) is 20.8. The van der Waals surface area contributed by atoms with Crippen molar-refractivity contribution in [2.45, 2.75) is 25.6 Å². The van der Waals surface area contributed by atoms with Gasteiger partial charge in [0.1, 0.15) is 5.69 Å². The number of carbonyl (C=O) groups is 2. The van der Waals surface area contributed by atoms with Crippen molar-refractivity contribution in [1.29, 1.82) is 0 Å². The Morgan fingerprint density at radius 3 is 2.68 bits per heavy atom. The van der Waals surface area contributed by atoms with Crippen molar-refractivity contribution >= 4 is 34.9 Å². The molecule has 3 aromatic heterocycles. The van der Waals surface area contributed by atoms with Gasteiger partial charge in [0, 0.05) is 25.8 Å². The molecule has 2 fully saturated rings. The second kappa shape index (κ2) is 11.0. The van der Waals surface area contributed by atoms with E-state index in [1.807, 2.05) is 0 Å². The highest BCUT2D eigenvalue weighted by Crippen LogP contribution is 2.32. The number of carbonyl (C=O) groups excluding carboxylic acids is 2. The third-order valence-corrected chi connectivity index (χ3v) is 7.01. The minimum absolute atomic E-state index is 0.145. The summed E-state index contributed by atoms with van der Waals surface area (Å²) in [6.45, 7) is 2.26. The van der Waals surface area contributed by atoms with Crippen molar-refractivity contribution < 1.29 is 27.2 Å². The Bertz CT molecular complexity index is 1350. The molecule has 5 heterocycles. The molecule has 2 aliphatic rings. The van der Waals surface area contributed by atoms with Gasteiger partial charge in [-0.1, -0.05) is 0 Å². The number of nitrogens with zero attached hydrogens (tertiary/aromatic N) is 4. The van der Waals surface area contributed by atoms with Gasteiger partial charge in [-0.05, 0) is 73.5 Å². The molecule has 0 bridgehead atoms. The summed E-state index contributed by atoms with van der Waals surface area (Å²) in [5.41, 5.74) is 0.208. The highest BCUT2D eigenvalue weighted by Gasteiger charge is 2.32. The van der Waals surface area contributed by atoms with Crippen LogP contribution in [0.5, 0.6) is 0 Å². The number of nitrogens with one attached hydrogen (secondary N) is 2. The smallest absolute Gasteiger partial charge is 0.416 e. The van der Waals surface area contributed by atoms with E-state index < -0.39 is 22.9 Å². The number of furan rings is 1. The van der Waals surface area contributed by atoms with Crippen molar-refractivity contribution in [2.24, 2.45) is 5.92 Å². The predicted molar refractivity (Wildman–Crippen MR) is 135 cm³/mol. The zero-order chi connectivity index (χ0) is 26.7. The summed E-state index contributed by atoms with van der Waals surface area (Å²) in [4.78, 5) is 38.7. The minimum atomic E-state index is -4.48. The van der Waals surface area contributed by atoms with Crippen LogP contribution in [0.4, 0.5) is 23.9 Å². The first-order valence-electron chi connectivity index (χ1n) is 11.9. The second-order valence-corrected chi connectivity index (χ2v) is 9.92. The van der Waals surface area contributed by atoms with Gasteiger partial charge in [0.15, 0.2) is 5.76 Å². The Balaban J connectivity index is 1.16. The van der Waals surface area contributed by atoms with Crippen LogP contribution < -0.4 is 15.5 Å². The molecule has 0 radical (unpaired) electrons. The van der Waals surface area contributed by atoms with Crippen LogP contribution in [0.15, 0.2) is 52.1 Å². The molecule has 13 heteroatoms. The first kappa shape index (κ1) is 25.9. The number of rotatable bonds is 7. The first-order chi connectivity index (χ1) is 18.2. The van der Waals surface area contributed by atoms with E-state index in [4.69, 9.17) is 4.42 Å². The van der Waals surface area contributed by atoms with Crippen molar-refractivity contribution in [3.8, 4) is 11.5 Å². The molecule has 2 aliphatic heterocycles. The second-order valence-electron chi connectivity index (χ2n) is 8.90. The van der Waals surface area contributed by atoms with Crippen LogP contribution in [0, 0.1) is 5.92 Å². The molecular formula is C25H23F3N6O3S. The number of hydrogen-bond donors (Lipinski definition) is 2. The van der Waals surface area contributed by atoms with Gasteiger partial charge < -0.3 is 14.6 Å². The highest BCUT2D eigenvalue weighted by molar-refractivity contribution is 8.18. The largest absolute Gasteiger partial charge is 0.463 e. The van der Waals surface area contributed by atoms with Crippen molar-refractivity contribution in [1.82, 2.24) is 25.6 Å². The van der Waals surface area contributed by atoms with Gasteiger partial charge in [0.05, 0.1) is 28.1 Å². The lowest BCUT2D eigenvalue weighted by molar-refractivity contribution is -0.137. The van der Waals surface area contributed by atoms with Crippen LogP contribution in [0.2, 0.25) is 0 Å². The number of alkyl halides is 3. The standard InChI is InChI=1S/C25H23F3N6O3S/c26-25(27,28)16-10-18(31-19(11-16)20-2-1-9-37-20)14-29-13-15-4-7-34(8-5-15)23-30-6-3-17(32-23)12-21-22(35)33-24(36)38-21/h1-3,6,9-12,15,29H,4-5,7-8,13-14H2,(H,33,35,36)/b21-12+. The van der Waals surface area contributed by atoms with Gasteiger partial charge in [0.2, 0.25) is 5.95 Å². The molecule has 0 spiro atoms. The Labute approximate surface area is 219 Å². The normalized spacial score (nSPS) is 17.9. The van der Waals surface area contributed by atoms with E-state index in [1.165, 1.54) is 6.26 Å². The predicted octanol–water partition coefficient (Wildman–Crippen LogP) is 4.48. The van der Waals surface area contributed by atoms with E-state index >= 15 is 0 Å². The van der Waals surface area contributed by atoms with Crippen LogP contribution in [0.3, 0.4) is 0 Å². The number of aromatic nitrogens is 3. The SMILES string of the molecule is O=C1NC(=O)/C(=C\c2ccnc(N3CCC(CNCc4cc(C(F)(F)F)cc(-c5ccco5)n4)CC3)n2)S1. The van der Waals surface area contributed by atoms with Crippen LogP contribution in [-0.2, 0) is 17.5 Å². The maximum absolute atomic E-state index is 13.4. The molecule has 0 aromatic carbocycles. The fraction of sp³-hybridized carbons (Fsp3) is 0.320. The Morgan fingerprint density at radius 1 is 1.18 bits per heavy atom. The third-order valence-electron chi connectivity index (χ3n) is 6.20. The van der Waals surface area contributed by atoms with E-state index in [0.29, 0.717) is 42.9 Å². The van der Waals surface area contributed by atoms with Crippen LogP contribution >= 0.6 is 11.8 Å². The number of imide groups is 1. The zero-order valence-electron chi connectivity index (χ0n) is 20.0. The molecule has 0 saturated carbocycles. The molecular weight excluding hydrogens is 521 g/mol. The van der Waals surface area contributed by atoms with Gasteiger partial charge in [-0.25, -0.2) is 15.0 Å². The molecule has 9 nitrogen and oxygen atoms in total. The van der Waals surface area contributed by atoms with Crippen molar-refractivity contribution in [2.75, 3.05) is 24.5 Å². The van der Waals surface area contributed by atoms with E-state index in [2.05, 4.69) is 30.5 Å². The van der Waals surface area contributed by atoms with Crippen LogP contribution in [0.25, 0.3) is 17.5 Å². The quantitative estimate of drug-likeness (QED) is 0.416. The van der Waals surface area contributed by atoms with E-state index in [0.717, 1.165) is 36.7 Å². The topological polar surface area (TPSA) is 113 Å². The number of amides is 2. The maximum atomic E-state index is 13.4. The Hall–Kier alpha value is -3.71. The fourth-order valence-electron chi connectivity index (χ4n) is 4.28. The number of anilines is 1. The highest BCUT2D eigenvalue weighted by atomic mass is 32.2. The average molecular weight is 545 g/mol. The number of thioether (sulfide) groups is 1. The average Bonchev–Trinajstić information content (AvgIpc) is 3.54. The van der Waals surface area contributed by atoms with E-state index in [1.54, 1.807) is 30.5 Å². The summed E-state index contributed by atoms with van der Waals surface area (Å²) >= 11 is 0.834. The van der Waals surface area contributed by atoms with Gasteiger partial charge in [-0.3, -0.25) is 14.9 Å². The molecule has 38 heavy (non-hydrogen) atoms. The molecule has 0 aliphatic carbocycles. The molecule has 2 N–H and O–H groups in total. The van der Waals surface area contributed by atoms with Gasteiger partial charge in [0.25, 0.3) is 11.1 Å². The molecule has 2 saturated heterocycles. The third kappa shape index (κ3) is 6.22. The molecule has 198 valence electrons. The molecule has 5 rings (SSSR count). The van der Waals surface area contributed by atoms with Crippen molar-refractivity contribution in [3.05, 3.63) is 64.6 Å². The summed E-state index contributed by atoms with van der Waals surface area (Å²) in [6.07, 6.45) is 1.79. The van der Waals surface area contributed by atoms with Gasteiger partial charge in [-0.15, -0.1) is 0 Å². The molecule has 0 unspecified atom stereocenters. The minimum Gasteiger partial charge on any atom is -0.463 e. The Kier molecular flexibility index (Phi) is 7.47. The first-order valence-corrected chi connectivity index (χ1v) is 12.7. The number of pyridine rings is 1. The molecule has 2 amide bonds. The van der Waals surface area contributed by atoms with Crippen LogP contribution in [-0.4, -0.2) is 45.7 Å². The summed E-state index contributed by atoms with van der Waals surface area (Å²) < 4.78 is 45.5. The number of hydrogen-bond acceptors (Lipinski definition) is 9. The van der Waals surface area contributed by atoms with Crippen LogP contribution in [0.1, 0.15) is 29.8 Å². The molecule has 3 aromatic rings. The fourth-order valence-corrected chi connectivity index (χ4v) is 4.95. The summed E-state index contributed by atoms with van der Waals surface area (Å²) in [5, 5.41) is 5.05. The van der Waals surface area contributed by atoms with Gasteiger partial charge >= 0.3 is 6.18 Å².